The fourth-order valence-electron chi connectivity index (χ4n) is 1.40. The van der Waals surface area contributed by atoms with Gasteiger partial charge in [0.15, 0.2) is 0 Å². The molecule has 0 aromatic heterocycles. The highest BCUT2D eigenvalue weighted by molar-refractivity contribution is 14.1. The summed E-state index contributed by atoms with van der Waals surface area (Å²) in [5.41, 5.74) is 0.700. The Morgan fingerprint density at radius 2 is 2.24 bits per heavy atom. The first kappa shape index (κ1) is 13.7. The highest BCUT2D eigenvalue weighted by atomic mass is 127. The zero-order chi connectivity index (χ0) is 13.0. The van der Waals surface area contributed by atoms with Crippen molar-refractivity contribution in [1.82, 2.24) is 0 Å². The lowest BCUT2D eigenvalue weighted by molar-refractivity contribution is -0.384. The summed E-state index contributed by atoms with van der Waals surface area (Å²) in [6.45, 7) is 2.24. The molecule has 1 aromatic carbocycles. The molecule has 0 amide bonds. The maximum atomic E-state index is 10.7. The normalized spacial score (nSPS) is 10.0. The molecule has 0 radical (unpaired) electrons. The molecule has 0 saturated carbocycles. The number of benzene rings is 1. The van der Waals surface area contributed by atoms with E-state index >= 15 is 0 Å². The van der Waals surface area contributed by atoms with Crippen molar-refractivity contribution in [3.05, 3.63) is 31.9 Å². The van der Waals surface area contributed by atoms with Crippen molar-refractivity contribution in [3.8, 4) is 0 Å². The monoisotopic (exact) mass is 350 g/mol. The van der Waals surface area contributed by atoms with Crippen molar-refractivity contribution in [1.29, 1.82) is 0 Å². The van der Waals surface area contributed by atoms with E-state index in [-0.39, 0.29) is 12.2 Å². The van der Waals surface area contributed by atoms with Crippen LogP contribution >= 0.6 is 22.6 Å². The molecule has 0 saturated heterocycles. The Labute approximate surface area is 112 Å². The Morgan fingerprint density at radius 3 is 2.65 bits per heavy atom. The number of non-ortho nitro benzene ring substituents is 1. The second-order valence-electron chi connectivity index (χ2n) is 3.30. The van der Waals surface area contributed by atoms with Crippen LogP contribution < -0.4 is 4.90 Å². The number of nitrogens with zero attached hydrogens (tertiary/aromatic N) is 2. The minimum absolute atomic E-state index is 0.00419. The number of hydrogen-bond donors (Lipinski definition) is 1. The first-order chi connectivity index (χ1) is 7.95. The largest absolute Gasteiger partial charge is 0.480 e. The zero-order valence-corrected chi connectivity index (χ0v) is 11.2. The molecule has 1 N–H and O–H groups in total. The van der Waals surface area contributed by atoms with Crippen LogP contribution in [0.3, 0.4) is 0 Å². The van der Waals surface area contributed by atoms with Gasteiger partial charge < -0.3 is 10.0 Å². The van der Waals surface area contributed by atoms with Crippen molar-refractivity contribution >= 4 is 39.9 Å². The van der Waals surface area contributed by atoms with Gasteiger partial charge in [-0.25, -0.2) is 0 Å². The van der Waals surface area contributed by atoms with E-state index in [1.165, 1.54) is 12.1 Å². The number of nitro groups is 1. The third-order valence-corrected chi connectivity index (χ3v) is 3.05. The molecular weight excluding hydrogens is 339 g/mol. The summed E-state index contributed by atoms with van der Waals surface area (Å²) in [5.74, 6) is -0.930. The van der Waals surface area contributed by atoms with Crippen LogP contribution in [0.1, 0.15) is 6.92 Å². The SMILES string of the molecule is CCN(CC(=O)O)c1ccc([N+](=O)[O-])cc1I. The lowest BCUT2D eigenvalue weighted by atomic mass is 10.2. The molecule has 6 nitrogen and oxygen atoms in total. The zero-order valence-electron chi connectivity index (χ0n) is 9.09. The number of carboxylic acid groups (broad SMARTS) is 1. The summed E-state index contributed by atoms with van der Waals surface area (Å²) in [5, 5.41) is 19.3. The molecule has 0 heterocycles. The first-order valence-electron chi connectivity index (χ1n) is 4.86. The highest BCUT2D eigenvalue weighted by Crippen LogP contribution is 2.26. The maximum Gasteiger partial charge on any atom is 0.323 e. The van der Waals surface area contributed by atoms with Crippen molar-refractivity contribution < 1.29 is 14.8 Å². The van der Waals surface area contributed by atoms with Gasteiger partial charge in [-0.2, -0.15) is 0 Å². The van der Waals surface area contributed by atoms with Gasteiger partial charge in [-0.15, -0.1) is 0 Å². The number of anilines is 1. The number of nitro benzene ring substituents is 1. The fourth-order valence-corrected chi connectivity index (χ4v) is 2.24. The minimum Gasteiger partial charge on any atom is -0.480 e. The molecule has 1 aromatic rings. The Kier molecular flexibility index (Phi) is 4.67. The van der Waals surface area contributed by atoms with Gasteiger partial charge in [0, 0.05) is 22.2 Å². The topological polar surface area (TPSA) is 83.7 Å². The molecule has 0 aliphatic carbocycles. The fraction of sp³-hybridized carbons (Fsp3) is 0.300. The molecule has 0 atom stereocenters. The third kappa shape index (κ3) is 3.55. The Bertz CT molecular complexity index is 450. The van der Waals surface area contributed by atoms with Gasteiger partial charge in [-0.05, 0) is 35.6 Å². The highest BCUT2D eigenvalue weighted by Gasteiger charge is 2.15. The van der Waals surface area contributed by atoms with Crippen LogP contribution in [0.25, 0.3) is 0 Å². The van der Waals surface area contributed by atoms with Crippen molar-refractivity contribution in [2.75, 3.05) is 18.0 Å². The van der Waals surface area contributed by atoms with Gasteiger partial charge in [-0.1, -0.05) is 0 Å². The number of likely N-dealkylation sites (N-methyl/N-ethyl adjacent to an activating group) is 1. The van der Waals surface area contributed by atoms with Gasteiger partial charge >= 0.3 is 5.97 Å². The summed E-state index contributed by atoms with van der Waals surface area (Å²) in [6, 6.07) is 4.38. The number of rotatable bonds is 5. The van der Waals surface area contributed by atoms with E-state index in [0.29, 0.717) is 15.8 Å². The van der Waals surface area contributed by atoms with Crippen molar-refractivity contribution in [2.24, 2.45) is 0 Å². The predicted molar refractivity (Wildman–Crippen MR) is 71.3 cm³/mol. The molecule has 0 aliphatic heterocycles. The van der Waals surface area contributed by atoms with E-state index < -0.39 is 10.9 Å². The molecule has 0 unspecified atom stereocenters. The molecule has 0 bridgehead atoms. The van der Waals surface area contributed by atoms with E-state index in [4.69, 9.17) is 5.11 Å². The number of halogens is 1. The van der Waals surface area contributed by atoms with Gasteiger partial charge in [0.1, 0.15) is 6.54 Å². The molecular formula is C10H11IN2O4. The number of carbonyl (C=O) groups is 1. The quantitative estimate of drug-likeness (QED) is 0.500. The lowest BCUT2D eigenvalue weighted by Crippen LogP contribution is -2.29. The second-order valence-corrected chi connectivity index (χ2v) is 4.46. The summed E-state index contributed by atoms with van der Waals surface area (Å²) < 4.78 is 0.667. The van der Waals surface area contributed by atoms with Crippen LogP contribution in [0.4, 0.5) is 11.4 Å². The van der Waals surface area contributed by atoms with Crippen LogP contribution in [-0.2, 0) is 4.79 Å². The maximum absolute atomic E-state index is 10.7. The molecule has 17 heavy (non-hydrogen) atoms. The summed E-state index contributed by atoms with van der Waals surface area (Å²) in [6.07, 6.45) is 0. The molecule has 0 fully saturated rings. The van der Waals surface area contributed by atoms with Crippen LogP contribution in [0.5, 0.6) is 0 Å². The molecule has 1 rings (SSSR count). The smallest absolute Gasteiger partial charge is 0.323 e. The van der Waals surface area contributed by atoms with E-state index in [1.807, 2.05) is 29.5 Å². The van der Waals surface area contributed by atoms with E-state index in [1.54, 1.807) is 11.0 Å². The van der Waals surface area contributed by atoms with E-state index in [9.17, 15) is 14.9 Å². The number of aliphatic carboxylic acids is 1. The number of carboxylic acids is 1. The Morgan fingerprint density at radius 1 is 1.59 bits per heavy atom. The average Bonchev–Trinajstić information content (AvgIpc) is 2.25. The van der Waals surface area contributed by atoms with Crippen LogP contribution in [-0.4, -0.2) is 29.1 Å². The van der Waals surface area contributed by atoms with Crippen molar-refractivity contribution in [3.63, 3.8) is 0 Å². The van der Waals surface area contributed by atoms with E-state index in [0.717, 1.165) is 0 Å². The summed E-state index contributed by atoms with van der Waals surface area (Å²) in [4.78, 5) is 22.4. The standard InChI is InChI=1S/C10H11IN2O4/c1-2-12(6-10(14)15)9-4-3-7(13(16)17)5-8(9)11/h3-5H,2,6H2,1H3,(H,14,15). The average molecular weight is 350 g/mol. The Hall–Kier alpha value is -1.38. The lowest BCUT2D eigenvalue weighted by Gasteiger charge is -2.21. The molecule has 0 aliphatic rings. The van der Waals surface area contributed by atoms with Crippen LogP contribution in [0, 0.1) is 13.7 Å². The van der Waals surface area contributed by atoms with E-state index in [2.05, 4.69) is 0 Å². The van der Waals surface area contributed by atoms with Gasteiger partial charge in [-0.3, -0.25) is 14.9 Å². The molecule has 92 valence electrons. The van der Waals surface area contributed by atoms with Crippen molar-refractivity contribution in [2.45, 2.75) is 6.92 Å². The second kappa shape index (κ2) is 5.80. The molecule has 7 heteroatoms. The van der Waals surface area contributed by atoms with Crippen LogP contribution in [0.15, 0.2) is 18.2 Å². The summed E-state index contributed by atoms with van der Waals surface area (Å²) in [7, 11) is 0. The van der Waals surface area contributed by atoms with Gasteiger partial charge in [0.25, 0.3) is 5.69 Å². The van der Waals surface area contributed by atoms with Crippen LogP contribution in [0.2, 0.25) is 0 Å². The predicted octanol–water partition coefficient (Wildman–Crippen LogP) is 2.11. The number of hydrogen-bond acceptors (Lipinski definition) is 4. The first-order valence-corrected chi connectivity index (χ1v) is 5.94. The molecule has 0 spiro atoms. The van der Waals surface area contributed by atoms with Gasteiger partial charge in [0.05, 0.1) is 10.6 Å². The summed E-state index contributed by atoms with van der Waals surface area (Å²) >= 11 is 1.97. The third-order valence-electron chi connectivity index (χ3n) is 2.19. The Balaban J connectivity index is 3.04. The van der Waals surface area contributed by atoms with Gasteiger partial charge in [0.2, 0.25) is 0 Å². The minimum atomic E-state index is -0.930.